The predicted molar refractivity (Wildman–Crippen MR) is 106 cm³/mol. The van der Waals surface area contributed by atoms with Crippen molar-refractivity contribution in [3.63, 3.8) is 0 Å². The zero-order valence-corrected chi connectivity index (χ0v) is 16.3. The zero-order valence-electron chi connectivity index (χ0n) is 15.5. The molecule has 3 rings (SSSR count). The molecule has 2 aromatic carbocycles. The van der Waals surface area contributed by atoms with Crippen LogP contribution in [-0.4, -0.2) is 18.1 Å². The first kappa shape index (κ1) is 19.8. The summed E-state index contributed by atoms with van der Waals surface area (Å²) in [5.74, 6) is -0.270. The van der Waals surface area contributed by atoms with Gasteiger partial charge in [0.25, 0.3) is 0 Å². The van der Waals surface area contributed by atoms with Gasteiger partial charge in [-0.25, -0.2) is 9.37 Å². The van der Waals surface area contributed by atoms with E-state index in [1.807, 2.05) is 13.0 Å². The highest BCUT2D eigenvalue weighted by molar-refractivity contribution is 6.33. The largest absolute Gasteiger partial charge is 0.473 e. The van der Waals surface area contributed by atoms with Gasteiger partial charge in [0.15, 0.2) is 0 Å². The molecule has 0 saturated heterocycles. The van der Waals surface area contributed by atoms with E-state index in [-0.39, 0.29) is 24.8 Å². The van der Waals surface area contributed by atoms with Crippen LogP contribution in [0.25, 0.3) is 11.3 Å². The van der Waals surface area contributed by atoms with Crippen LogP contribution >= 0.6 is 11.6 Å². The second-order valence-electron chi connectivity index (χ2n) is 6.31. The van der Waals surface area contributed by atoms with E-state index in [1.54, 1.807) is 42.5 Å². The number of pyridine rings is 1. The Morgan fingerprint density at radius 3 is 2.68 bits per heavy atom. The van der Waals surface area contributed by atoms with E-state index in [1.165, 1.54) is 13.2 Å². The highest BCUT2D eigenvalue weighted by Crippen LogP contribution is 2.29. The summed E-state index contributed by atoms with van der Waals surface area (Å²) in [4.78, 5) is 15.9. The van der Waals surface area contributed by atoms with Gasteiger partial charge in [0.05, 0.1) is 24.2 Å². The highest BCUT2D eigenvalue weighted by atomic mass is 35.5. The molecule has 0 aliphatic carbocycles. The normalized spacial score (nSPS) is 10.6. The van der Waals surface area contributed by atoms with E-state index in [9.17, 15) is 9.18 Å². The number of aryl methyl sites for hydroxylation is 1. The fourth-order valence-corrected chi connectivity index (χ4v) is 2.98. The van der Waals surface area contributed by atoms with Crippen LogP contribution in [0.5, 0.6) is 5.88 Å². The molecule has 0 N–H and O–H groups in total. The summed E-state index contributed by atoms with van der Waals surface area (Å²) in [7, 11) is 1.34. The van der Waals surface area contributed by atoms with Crippen LogP contribution in [0, 0.1) is 12.7 Å². The topological polar surface area (TPSA) is 48.4 Å². The Morgan fingerprint density at radius 2 is 1.96 bits per heavy atom. The van der Waals surface area contributed by atoms with E-state index in [4.69, 9.17) is 16.3 Å². The number of carbonyl (C=O) groups excluding carboxylic acids is 1. The Kier molecular flexibility index (Phi) is 6.26. The molecule has 0 amide bonds. The number of hydrogen-bond donors (Lipinski definition) is 0. The molecule has 0 aliphatic rings. The Bertz CT molecular complexity index is 1010. The van der Waals surface area contributed by atoms with Crippen LogP contribution in [0.3, 0.4) is 0 Å². The number of ether oxygens (including phenoxy) is 2. The molecule has 0 atom stereocenters. The Morgan fingerprint density at radius 1 is 1.14 bits per heavy atom. The third-order valence-electron chi connectivity index (χ3n) is 4.19. The van der Waals surface area contributed by atoms with Crippen molar-refractivity contribution in [2.24, 2.45) is 0 Å². The molecule has 0 fully saturated rings. The third-order valence-corrected chi connectivity index (χ3v) is 4.51. The molecule has 0 aliphatic heterocycles. The molecule has 0 saturated carbocycles. The molecule has 0 spiro atoms. The summed E-state index contributed by atoms with van der Waals surface area (Å²) in [5, 5.41) is 0.468. The first-order valence-electron chi connectivity index (χ1n) is 8.67. The predicted octanol–water partition coefficient (Wildman–Crippen LogP) is 5.14. The standard InChI is InChI=1S/C22H19ClFNO3/c1-14-6-8-16(19(24)10-14)13-28-21-5-3-4-20(25-21)17-9-7-15(11-18(17)23)12-22(26)27-2/h3-11H,12-13H2,1-2H3. The lowest BCUT2D eigenvalue weighted by Crippen LogP contribution is -2.04. The number of esters is 1. The van der Waals surface area contributed by atoms with Crippen LogP contribution < -0.4 is 4.74 Å². The van der Waals surface area contributed by atoms with Crippen molar-refractivity contribution in [1.82, 2.24) is 4.98 Å². The SMILES string of the molecule is COC(=O)Cc1ccc(-c2cccc(OCc3ccc(C)cc3F)n2)c(Cl)c1. The van der Waals surface area contributed by atoms with Crippen molar-refractivity contribution in [3.05, 3.63) is 82.1 Å². The molecule has 0 unspecified atom stereocenters. The van der Waals surface area contributed by atoms with Gasteiger partial charge in [0.2, 0.25) is 5.88 Å². The Balaban J connectivity index is 1.76. The first-order valence-corrected chi connectivity index (χ1v) is 9.04. The van der Waals surface area contributed by atoms with Gasteiger partial charge in [-0.05, 0) is 36.2 Å². The lowest BCUT2D eigenvalue weighted by Gasteiger charge is -2.10. The minimum atomic E-state index is -0.333. The van der Waals surface area contributed by atoms with Crippen LogP contribution in [0.1, 0.15) is 16.7 Å². The van der Waals surface area contributed by atoms with Gasteiger partial charge < -0.3 is 9.47 Å². The van der Waals surface area contributed by atoms with E-state index in [0.29, 0.717) is 27.7 Å². The number of nitrogens with zero attached hydrogens (tertiary/aromatic N) is 1. The fraction of sp³-hybridized carbons (Fsp3) is 0.182. The molecule has 0 bridgehead atoms. The van der Waals surface area contributed by atoms with Gasteiger partial charge in [-0.1, -0.05) is 41.9 Å². The highest BCUT2D eigenvalue weighted by Gasteiger charge is 2.10. The maximum Gasteiger partial charge on any atom is 0.309 e. The second kappa shape index (κ2) is 8.85. The van der Waals surface area contributed by atoms with Crippen LogP contribution in [0.15, 0.2) is 54.6 Å². The molecular formula is C22H19ClFNO3. The van der Waals surface area contributed by atoms with Crippen molar-refractivity contribution in [2.75, 3.05) is 7.11 Å². The van der Waals surface area contributed by atoms with E-state index < -0.39 is 0 Å². The molecule has 1 heterocycles. The molecule has 0 radical (unpaired) electrons. The van der Waals surface area contributed by atoms with Crippen molar-refractivity contribution in [3.8, 4) is 17.1 Å². The van der Waals surface area contributed by atoms with Crippen molar-refractivity contribution < 1.29 is 18.7 Å². The lowest BCUT2D eigenvalue weighted by molar-refractivity contribution is -0.139. The van der Waals surface area contributed by atoms with Gasteiger partial charge >= 0.3 is 5.97 Å². The molecule has 6 heteroatoms. The molecule has 28 heavy (non-hydrogen) atoms. The summed E-state index contributed by atoms with van der Waals surface area (Å²) in [6, 6.07) is 15.6. The molecule has 144 valence electrons. The summed E-state index contributed by atoms with van der Waals surface area (Å²) in [5.41, 5.74) is 3.40. The van der Waals surface area contributed by atoms with Crippen LogP contribution in [-0.2, 0) is 22.6 Å². The van der Waals surface area contributed by atoms with Gasteiger partial charge in [-0.3, -0.25) is 4.79 Å². The Labute approximate surface area is 167 Å². The number of methoxy groups -OCH3 is 1. The smallest absolute Gasteiger partial charge is 0.309 e. The summed E-state index contributed by atoms with van der Waals surface area (Å²) < 4.78 is 24.3. The lowest BCUT2D eigenvalue weighted by atomic mass is 10.1. The number of rotatable bonds is 6. The number of halogens is 2. The van der Waals surface area contributed by atoms with Gasteiger partial charge in [0.1, 0.15) is 12.4 Å². The van der Waals surface area contributed by atoms with E-state index >= 15 is 0 Å². The molecule has 4 nitrogen and oxygen atoms in total. The minimum Gasteiger partial charge on any atom is -0.473 e. The number of benzene rings is 2. The number of carbonyl (C=O) groups is 1. The summed E-state index contributed by atoms with van der Waals surface area (Å²) in [6.07, 6.45) is 0.148. The molecular weight excluding hydrogens is 381 g/mol. The van der Waals surface area contributed by atoms with E-state index in [0.717, 1.165) is 11.1 Å². The average Bonchev–Trinajstić information content (AvgIpc) is 2.67. The van der Waals surface area contributed by atoms with Gasteiger partial charge in [0, 0.05) is 17.2 Å². The van der Waals surface area contributed by atoms with Crippen molar-refractivity contribution in [1.29, 1.82) is 0 Å². The van der Waals surface area contributed by atoms with E-state index in [2.05, 4.69) is 9.72 Å². The second-order valence-corrected chi connectivity index (χ2v) is 6.72. The minimum absolute atomic E-state index is 0.0777. The first-order chi connectivity index (χ1) is 13.5. The maximum absolute atomic E-state index is 14.0. The maximum atomic E-state index is 14.0. The average molecular weight is 400 g/mol. The summed E-state index contributed by atoms with van der Waals surface area (Å²) >= 11 is 6.37. The number of aromatic nitrogens is 1. The monoisotopic (exact) mass is 399 g/mol. The van der Waals surface area contributed by atoms with Crippen molar-refractivity contribution >= 4 is 17.6 Å². The van der Waals surface area contributed by atoms with Crippen LogP contribution in [0.4, 0.5) is 4.39 Å². The quantitative estimate of drug-likeness (QED) is 0.538. The van der Waals surface area contributed by atoms with Crippen LogP contribution in [0.2, 0.25) is 5.02 Å². The fourth-order valence-electron chi connectivity index (χ4n) is 2.68. The zero-order chi connectivity index (χ0) is 20.1. The Hall–Kier alpha value is -2.92. The molecule has 3 aromatic rings. The number of hydrogen-bond acceptors (Lipinski definition) is 4. The van der Waals surface area contributed by atoms with Gasteiger partial charge in [-0.2, -0.15) is 0 Å². The van der Waals surface area contributed by atoms with Gasteiger partial charge in [-0.15, -0.1) is 0 Å². The third kappa shape index (κ3) is 4.87. The molecule has 1 aromatic heterocycles. The summed E-state index contributed by atoms with van der Waals surface area (Å²) in [6.45, 7) is 1.91. The van der Waals surface area contributed by atoms with Crippen molar-refractivity contribution in [2.45, 2.75) is 20.0 Å².